The molecule has 0 radical (unpaired) electrons. The Balaban J connectivity index is 1.54. The molecule has 1 aromatic carbocycles. The summed E-state index contributed by atoms with van der Waals surface area (Å²) in [5.41, 5.74) is 0.444. The van der Waals surface area contributed by atoms with Gasteiger partial charge in [0.1, 0.15) is 0 Å². The Labute approximate surface area is 168 Å². The topological polar surface area (TPSA) is 96.0 Å². The Morgan fingerprint density at radius 3 is 2.54 bits per heavy atom. The van der Waals surface area contributed by atoms with Gasteiger partial charge in [0.05, 0.1) is 23.8 Å². The number of amides is 2. The summed E-state index contributed by atoms with van der Waals surface area (Å²) in [5, 5.41) is 1.86. The van der Waals surface area contributed by atoms with Crippen molar-refractivity contribution in [1.82, 2.24) is 9.21 Å². The van der Waals surface area contributed by atoms with Crippen molar-refractivity contribution in [2.24, 2.45) is 0 Å². The number of carbonyl (C=O) groups is 2. The number of nitrogens with zero attached hydrogens (tertiary/aromatic N) is 2. The molecule has 3 heterocycles. The number of thioether (sulfide) groups is 1. The SMILES string of the molecule is O=C1Nc2cc(S(=O)(=O)N3CCCCC3)ccc2S[C@@H]1C(=O)N1CCOCC1. The quantitative estimate of drug-likeness (QED) is 0.730. The second-order valence-electron chi connectivity index (χ2n) is 7.05. The molecule has 0 aromatic heterocycles. The van der Waals surface area contributed by atoms with Gasteiger partial charge in [-0.1, -0.05) is 6.42 Å². The van der Waals surface area contributed by atoms with E-state index in [1.54, 1.807) is 17.0 Å². The first kappa shape index (κ1) is 19.7. The highest BCUT2D eigenvalue weighted by atomic mass is 32.2. The lowest BCUT2D eigenvalue weighted by Gasteiger charge is -2.32. The fourth-order valence-electron chi connectivity index (χ4n) is 3.62. The number of carbonyl (C=O) groups excluding carboxylic acids is 2. The van der Waals surface area contributed by atoms with Gasteiger partial charge in [-0.25, -0.2) is 8.42 Å². The third-order valence-electron chi connectivity index (χ3n) is 5.19. The van der Waals surface area contributed by atoms with Gasteiger partial charge in [0.2, 0.25) is 21.8 Å². The molecule has 3 aliphatic rings. The van der Waals surface area contributed by atoms with Crippen LogP contribution in [0, 0.1) is 0 Å². The molecule has 0 aliphatic carbocycles. The molecule has 0 saturated carbocycles. The molecule has 0 unspecified atom stereocenters. The highest BCUT2D eigenvalue weighted by Crippen LogP contribution is 2.38. The maximum atomic E-state index is 12.9. The zero-order valence-corrected chi connectivity index (χ0v) is 17.1. The molecule has 1 aromatic rings. The minimum Gasteiger partial charge on any atom is -0.378 e. The minimum absolute atomic E-state index is 0.173. The Kier molecular flexibility index (Phi) is 5.64. The average Bonchev–Trinajstić information content (AvgIpc) is 2.73. The van der Waals surface area contributed by atoms with Crippen LogP contribution >= 0.6 is 11.8 Å². The highest BCUT2D eigenvalue weighted by Gasteiger charge is 2.37. The molecule has 1 atom stereocenters. The van der Waals surface area contributed by atoms with Crippen molar-refractivity contribution in [2.45, 2.75) is 34.3 Å². The standard InChI is InChI=1S/C18H23N3O5S2/c22-17-16(18(23)20-8-10-26-11-9-20)27-15-5-4-13(12-14(15)19-17)28(24,25)21-6-2-1-3-7-21/h4-5,12,16H,1-3,6-11H2,(H,19,22)/t16-/m0/s1. The lowest BCUT2D eigenvalue weighted by molar-refractivity contribution is -0.137. The van der Waals surface area contributed by atoms with E-state index in [2.05, 4.69) is 5.32 Å². The molecule has 10 heteroatoms. The van der Waals surface area contributed by atoms with E-state index in [-0.39, 0.29) is 10.8 Å². The van der Waals surface area contributed by atoms with E-state index in [1.165, 1.54) is 22.1 Å². The van der Waals surface area contributed by atoms with Gasteiger partial charge in [-0.3, -0.25) is 9.59 Å². The van der Waals surface area contributed by atoms with Crippen molar-refractivity contribution in [3.05, 3.63) is 18.2 Å². The van der Waals surface area contributed by atoms with Crippen molar-refractivity contribution in [2.75, 3.05) is 44.7 Å². The van der Waals surface area contributed by atoms with Crippen molar-refractivity contribution in [3.63, 3.8) is 0 Å². The smallest absolute Gasteiger partial charge is 0.247 e. The van der Waals surface area contributed by atoms with Crippen molar-refractivity contribution < 1.29 is 22.7 Å². The van der Waals surface area contributed by atoms with Crippen molar-refractivity contribution in [1.29, 1.82) is 0 Å². The summed E-state index contributed by atoms with van der Waals surface area (Å²) in [6, 6.07) is 4.74. The maximum Gasteiger partial charge on any atom is 0.247 e. The number of rotatable bonds is 3. The van der Waals surface area contributed by atoms with Gasteiger partial charge in [-0.05, 0) is 31.0 Å². The molecule has 0 bridgehead atoms. The fourth-order valence-corrected chi connectivity index (χ4v) is 6.21. The van der Waals surface area contributed by atoms with Crippen LogP contribution in [0.3, 0.4) is 0 Å². The number of morpholine rings is 1. The van der Waals surface area contributed by atoms with Crippen LogP contribution in [0.4, 0.5) is 5.69 Å². The van der Waals surface area contributed by atoms with Crippen LogP contribution in [0.1, 0.15) is 19.3 Å². The third-order valence-corrected chi connectivity index (χ3v) is 8.35. The molecule has 0 spiro atoms. The number of hydrogen-bond acceptors (Lipinski definition) is 6. The molecule has 2 fully saturated rings. The van der Waals surface area contributed by atoms with E-state index < -0.39 is 21.2 Å². The van der Waals surface area contributed by atoms with Crippen LogP contribution in [0.2, 0.25) is 0 Å². The Morgan fingerprint density at radius 2 is 1.82 bits per heavy atom. The molecular weight excluding hydrogens is 402 g/mol. The van der Waals surface area contributed by atoms with E-state index in [1.807, 2.05) is 0 Å². The van der Waals surface area contributed by atoms with Gasteiger partial charge in [-0.2, -0.15) is 4.31 Å². The molecule has 4 rings (SSSR count). The molecule has 3 aliphatic heterocycles. The average molecular weight is 426 g/mol. The van der Waals surface area contributed by atoms with E-state index >= 15 is 0 Å². The summed E-state index contributed by atoms with van der Waals surface area (Å²) >= 11 is 1.17. The van der Waals surface area contributed by atoms with Crippen molar-refractivity contribution >= 4 is 39.3 Å². The summed E-state index contributed by atoms with van der Waals surface area (Å²) < 4.78 is 32.5. The fraction of sp³-hybridized carbons (Fsp3) is 0.556. The molecule has 8 nitrogen and oxygen atoms in total. The van der Waals surface area contributed by atoms with E-state index in [9.17, 15) is 18.0 Å². The van der Waals surface area contributed by atoms with E-state index in [0.29, 0.717) is 50.0 Å². The van der Waals surface area contributed by atoms with Crippen LogP contribution in [0.15, 0.2) is 28.0 Å². The number of nitrogens with one attached hydrogen (secondary N) is 1. The van der Waals surface area contributed by atoms with Gasteiger partial charge in [0.25, 0.3) is 0 Å². The summed E-state index contributed by atoms with van der Waals surface area (Å²) in [6.45, 7) is 2.94. The van der Waals surface area contributed by atoms with Gasteiger partial charge in [-0.15, -0.1) is 11.8 Å². The number of hydrogen-bond donors (Lipinski definition) is 1. The number of sulfonamides is 1. The van der Waals surface area contributed by atoms with Gasteiger partial charge in [0.15, 0.2) is 5.25 Å². The summed E-state index contributed by atoms with van der Waals surface area (Å²) in [6.07, 6.45) is 2.77. The number of benzene rings is 1. The Morgan fingerprint density at radius 1 is 1.11 bits per heavy atom. The van der Waals surface area contributed by atoms with Crippen LogP contribution in [-0.2, 0) is 24.3 Å². The predicted molar refractivity (Wildman–Crippen MR) is 105 cm³/mol. The Bertz CT molecular complexity index is 877. The van der Waals surface area contributed by atoms with Crippen LogP contribution in [0.25, 0.3) is 0 Å². The highest BCUT2D eigenvalue weighted by molar-refractivity contribution is 8.01. The van der Waals surface area contributed by atoms with Crippen LogP contribution < -0.4 is 5.32 Å². The first-order chi connectivity index (χ1) is 13.5. The summed E-state index contributed by atoms with van der Waals surface area (Å²) in [5.74, 6) is -0.650. The monoisotopic (exact) mass is 425 g/mol. The van der Waals surface area contributed by atoms with E-state index in [4.69, 9.17) is 4.74 Å². The van der Waals surface area contributed by atoms with E-state index in [0.717, 1.165) is 19.3 Å². The number of ether oxygens (including phenoxy) is 1. The first-order valence-corrected chi connectivity index (χ1v) is 11.8. The molecule has 2 saturated heterocycles. The van der Waals surface area contributed by atoms with Gasteiger partial charge in [0, 0.05) is 31.1 Å². The third kappa shape index (κ3) is 3.78. The van der Waals surface area contributed by atoms with Gasteiger partial charge < -0.3 is 15.0 Å². The van der Waals surface area contributed by atoms with Gasteiger partial charge >= 0.3 is 0 Å². The largest absolute Gasteiger partial charge is 0.378 e. The molecule has 152 valence electrons. The zero-order valence-electron chi connectivity index (χ0n) is 15.4. The lowest BCUT2D eigenvalue weighted by atomic mass is 10.2. The zero-order chi connectivity index (χ0) is 19.7. The van der Waals surface area contributed by atoms with Crippen LogP contribution in [-0.4, -0.2) is 74.1 Å². The Hall–Kier alpha value is -1.62. The maximum absolute atomic E-state index is 12.9. The molecular formula is C18H23N3O5S2. The summed E-state index contributed by atoms with van der Waals surface area (Å²) in [4.78, 5) is 27.7. The van der Waals surface area contributed by atoms with Crippen LogP contribution in [0.5, 0.6) is 0 Å². The number of anilines is 1. The molecule has 28 heavy (non-hydrogen) atoms. The summed E-state index contributed by atoms with van der Waals surface area (Å²) in [7, 11) is -3.58. The molecule has 1 N–H and O–H groups in total. The lowest BCUT2D eigenvalue weighted by Crippen LogP contribution is -2.49. The van der Waals surface area contributed by atoms with Crippen molar-refractivity contribution in [3.8, 4) is 0 Å². The normalized spacial score (nSPS) is 23.8. The number of piperidine rings is 1. The predicted octanol–water partition coefficient (Wildman–Crippen LogP) is 1.13. The molecule has 2 amide bonds. The first-order valence-electron chi connectivity index (χ1n) is 9.45. The number of fused-ring (bicyclic) bond motifs is 1. The minimum atomic E-state index is -3.58. The second kappa shape index (κ2) is 8.02. The second-order valence-corrected chi connectivity index (χ2v) is 10.1.